The van der Waals surface area contributed by atoms with Crippen LogP contribution in [0, 0.1) is 0 Å². The molecule has 2 heteroatoms. The van der Waals surface area contributed by atoms with Gasteiger partial charge in [-0.1, -0.05) is 200 Å². The topological polar surface area (TPSA) is 16.4 Å². The largest absolute Gasteiger partial charge is 0.456 e. The first kappa shape index (κ1) is 36.6. The van der Waals surface area contributed by atoms with Crippen LogP contribution in [-0.2, 0) is 5.41 Å². The molecule has 0 fully saturated rings. The highest BCUT2D eigenvalue weighted by Gasteiger charge is 2.47. The zero-order chi connectivity index (χ0) is 41.7. The summed E-state index contributed by atoms with van der Waals surface area (Å²) in [6.07, 6.45) is 0. The lowest BCUT2D eigenvalue weighted by Crippen LogP contribution is -2.30. The Balaban J connectivity index is 1.15. The van der Waals surface area contributed by atoms with Gasteiger partial charge in [-0.2, -0.15) is 0 Å². The average Bonchev–Trinajstić information content (AvgIpc) is 3.89. The van der Waals surface area contributed by atoms with E-state index in [0.717, 1.165) is 50.1 Å². The Labute approximate surface area is 367 Å². The van der Waals surface area contributed by atoms with Crippen molar-refractivity contribution in [2.45, 2.75) is 5.41 Å². The first-order chi connectivity index (χ1) is 31.3. The van der Waals surface area contributed by atoms with E-state index < -0.39 is 5.41 Å². The number of hydrogen-bond acceptors (Lipinski definition) is 2. The molecule has 0 atom stereocenters. The molecule has 10 aromatic carbocycles. The number of furan rings is 1. The highest BCUT2D eigenvalue weighted by atomic mass is 16.3. The van der Waals surface area contributed by atoms with Gasteiger partial charge >= 0.3 is 0 Å². The Hall–Kier alpha value is -8.20. The van der Waals surface area contributed by atoms with Crippen LogP contribution < -0.4 is 4.90 Å². The monoisotopic (exact) mass is 803 g/mol. The molecule has 0 spiro atoms. The fraction of sp³-hybridized carbons (Fsp3) is 0.0164. The Morgan fingerprint density at radius 3 is 1.51 bits per heavy atom. The molecule has 0 saturated carbocycles. The average molecular weight is 804 g/mol. The zero-order valence-electron chi connectivity index (χ0n) is 34.5. The summed E-state index contributed by atoms with van der Waals surface area (Å²) in [6, 6.07) is 90.4. The number of hydrogen-bond donors (Lipinski definition) is 0. The molecule has 1 aliphatic carbocycles. The van der Waals surface area contributed by atoms with Gasteiger partial charge in [-0.25, -0.2) is 0 Å². The van der Waals surface area contributed by atoms with Crippen LogP contribution in [0.3, 0.4) is 0 Å². The van der Waals surface area contributed by atoms with Crippen LogP contribution in [0.25, 0.3) is 66.4 Å². The van der Waals surface area contributed by atoms with Gasteiger partial charge in [0.2, 0.25) is 0 Å². The second-order valence-electron chi connectivity index (χ2n) is 16.4. The lowest BCUT2D eigenvalue weighted by atomic mass is 9.66. The molecule has 0 N–H and O–H groups in total. The second kappa shape index (κ2) is 15.1. The van der Waals surface area contributed by atoms with E-state index in [1.807, 2.05) is 0 Å². The first-order valence-corrected chi connectivity index (χ1v) is 21.7. The van der Waals surface area contributed by atoms with Crippen molar-refractivity contribution >= 4 is 39.0 Å². The van der Waals surface area contributed by atoms with Gasteiger partial charge in [0.05, 0.1) is 11.1 Å². The summed E-state index contributed by atoms with van der Waals surface area (Å²) < 4.78 is 6.61. The van der Waals surface area contributed by atoms with Gasteiger partial charge in [-0.3, -0.25) is 0 Å². The quantitative estimate of drug-likeness (QED) is 0.152. The molecule has 2 nitrogen and oxygen atoms in total. The third kappa shape index (κ3) is 5.95. The number of rotatable bonds is 8. The predicted molar refractivity (Wildman–Crippen MR) is 262 cm³/mol. The summed E-state index contributed by atoms with van der Waals surface area (Å²) in [5, 5.41) is 2.19. The maximum Gasteiger partial charge on any atom is 0.136 e. The zero-order valence-corrected chi connectivity index (χ0v) is 34.5. The van der Waals surface area contributed by atoms with Gasteiger partial charge < -0.3 is 9.32 Å². The fourth-order valence-corrected chi connectivity index (χ4v) is 10.2. The Bertz CT molecular complexity index is 3400. The van der Waals surface area contributed by atoms with E-state index in [9.17, 15) is 0 Å². The lowest BCUT2D eigenvalue weighted by Gasteiger charge is -2.38. The summed E-state index contributed by atoms with van der Waals surface area (Å²) in [4.78, 5) is 2.46. The van der Waals surface area contributed by atoms with Crippen LogP contribution in [-0.4, -0.2) is 0 Å². The molecule has 0 radical (unpaired) electrons. The minimum atomic E-state index is -0.663. The van der Waals surface area contributed by atoms with Gasteiger partial charge in [0.25, 0.3) is 0 Å². The smallest absolute Gasteiger partial charge is 0.136 e. The number of nitrogens with zero attached hydrogens (tertiary/aromatic N) is 1. The predicted octanol–water partition coefficient (Wildman–Crippen LogP) is 16.4. The SMILES string of the molecule is c1ccc(-c2ccc(N(c3ccc4oc5cccc(-c6ccccc6)c5c4c3)c3ccccc3C3(c4cccc(-c5ccccc5)c4)c4ccccc4-c4ccccc43)cc2)cc1. The normalized spacial score (nSPS) is 12.6. The van der Waals surface area contributed by atoms with Crippen molar-refractivity contribution in [3.63, 3.8) is 0 Å². The highest BCUT2D eigenvalue weighted by molar-refractivity contribution is 6.13. The van der Waals surface area contributed by atoms with Gasteiger partial charge in [-0.05, 0) is 115 Å². The molecular weight excluding hydrogens is 763 g/mol. The van der Waals surface area contributed by atoms with Crippen LogP contribution in [0.1, 0.15) is 22.3 Å². The molecular formula is C61H41NO. The second-order valence-corrected chi connectivity index (χ2v) is 16.4. The van der Waals surface area contributed by atoms with Gasteiger partial charge in [-0.15, -0.1) is 0 Å². The van der Waals surface area contributed by atoms with Crippen LogP contribution in [0.4, 0.5) is 17.1 Å². The number of anilines is 3. The number of fused-ring (bicyclic) bond motifs is 6. The standard InChI is InChI=1S/C61H41NO/c1-4-18-42(19-5-1)44-34-36-48(37-35-44)62(49-38-39-58-53(41-49)60-50(28-17-33-59(60)63-58)45-22-8-3-9-23-45)57-32-15-14-31-56(57)61(47-25-16-24-46(40-47)43-20-6-2-7-21-43)54-29-12-10-26-51(54)52-27-11-13-30-55(52)61/h1-41H. The number of benzene rings is 10. The van der Waals surface area contributed by atoms with Gasteiger partial charge in [0, 0.05) is 22.1 Å². The Kier molecular flexibility index (Phi) is 8.76. The summed E-state index contributed by atoms with van der Waals surface area (Å²) >= 11 is 0. The third-order valence-corrected chi connectivity index (χ3v) is 13.0. The fourth-order valence-electron chi connectivity index (χ4n) is 10.2. The molecule has 0 unspecified atom stereocenters. The van der Waals surface area contributed by atoms with Gasteiger partial charge in [0.1, 0.15) is 11.2 Å². The van der Waals surface area contributed by atoms with E-state index in [1.165, 1.54) is 55.6 Å². The van der Waals surface area contributed by atoms with Crippen molar-refractivity contribution in [2.75, 3.05) is 4.90 Å². The van der Waals surface area contributed by atoms with Gasteiger partial charge in [0.15, 0.2) is 0 Å². The van der Waals surface area contributed by atoms with Crippen molar-refractivity contribution in [3.05, 3.63) is 271 Å². The van der Waals surface area contributed by atoms with Crippen molar-refractivity contribution in [3.8, 4) is 44.5 Å². The Morgan fingerprint density at radius 2 is 0.825 bits per heavy atom. The molecule has 0 aliphatic heterocycles. The van der Waals surface area contributed by atoms with Crippen LogP contribution in [0.5, 0.6) is 0 Å². The van der Waals surface area contributed by atoms with Crippen molar-refractivity contribution in [2.24, 2.45) is 0 Å². The molecule has 63 heavy (non-hydrogen) atoms. The van der Waals surface area contributed by atoms with E-state index in [1.54, 1.807) is 0 Å². The molecule has 0 bridgehead atoms. The molecule has 1 aromatic heterocycles. The molecule has 1 aliphatic rings. The minimum Gasteiger partial charge on any atom is -0.456 e. The van der Waals surface area contributed by atoms with Crippen LogP contribution in [0.2, 0.25) is 0 Å². The van der Waals surface area contributed by atoms with E-state index in [-0.39, 0.29) is 0 Å². The van der Waals surface area contributed by atoms with Crippen molar-refractivity contribution in [1.29, 1.82) is 0 Å². The highest BCUT2D eigenvalue weighted by Crippen LogP contribution is 2.59. The molecule has 296 valence electrons. The molecule has 12 rings (SSSR count). The van der Waals surface area contributed by atoms with E-state index in [2.05, 4.69) is 254 Å². The molecule has 11 aromatic rings. The van der Waals surface area contributed by atoms with Crippen LogP contribution in [0.15, 0.2) is 253 Å². The number of para-hydroxylation sites is 1. The molecule has 0 saturated heterocycles. The minimum absolute atomic E-state index is 0.663. The molecule has 1 heterocycles. The summed E-state index contributed by atoms with van der Waals surface area (Å²) in [5.41, 5.74) is 18.8. The summed E-state index contributed by atoms with van der Waals surface area (Å²) in [7, 11) is 0. The van der Waals surface area contributed by atoms with E-state index >= 15 is 0 Å². The van der Waals surface area contributed by atoms with Crippen LogP contribution >= 0.6 is 0 Å². The lowest BCUT2D eigenvalue weighted by molar-refractivity contribution is 0.669. The van der Waals surface area contributed by atoms with E-state index in [0.29, 0.717) is 0 Å². The van der Waals surface area contributed by atoms with E-state index in [4.69, 9.17) is 4.42 Å². The third-order valence-electron chi connectivity index (χ3n) is 13.0. The summed E-state index contributed by atoms with van der Waals surface area (Å²) in [6.45, 7) is 0. The maximum atomic E-state index is 6.61. The maximum absolute atomic E-state index is 6.61. The van der Waals surface area contributed by atoms with Crippen molar-refractivity contribution in [1.82, 2.24) is 0 Å². The van der Waals surface area contributed by atoms with Crippen molar-refractivity contribution < 1.29 is 4.42 Å². The molecule has 0 amide bonds. The first-order valence-electron chi connectivity index (χ1n) is 21.7. The Morgan fingerprint density at radius 1 is 0.317 bits per heavy atom. The summed E-state index contributed by atoms with van der Waals surface area (Å²) in [5.74, 6) is 0.